The van der Waals surface area contributed by atoms with Gasteiger partial charge in [0, 0.05) is 18.2 Å². The first kappa shape index (κ1) is 16.3. The molecule has 0 unspecified atom stereocenters. The molecule has 1 amide bonds. The van der Waals surface area contributed by atoms with Gasteiger partial charge < -0.3 is 26.0 Å². The number of rotatable bonds is 7. The number of carbonyl (C=O) groups is 3. The average molecular weight is 296 g/mol. The highest BCUT2D eigenvalue weighted by Gasteiger charge is 2.22. The first-order valence-electron chi connectivity index (χ1n) is 6.04. The molecule has 0 heterocycles. The second-order valence-corrected chi connectivity index (χ2v) is 4.25. The lowest BCUT2D eigenvalue weighted by atomic mass is 10.1. The normalized spacial score (nSPS) is 11.5. The Morgan fingerprint density at radius 2 is 2.00 bits per heavy atom. The SMILES string of the molecule is COc1ccc(C(=O)N[C@@H](CCC(=O)O)C(=O)O)c(N)c1. The average Bonchev–Trinajstić information content (AvgIpc) is 2.42. The van der Waals surface area contributed by atoms with E-state index in [4.69, 9.17) is 20.7 Å². The van der Waals surface area contributed by atoms with Crippen molar-refractivity contribution < 1.29 is 29.3 Å². The Morgan fingerprint density at radius 1 is 1.33 bits per heavy atom. The predicted molar refractivity (Wildman–Crippen MR) is 73.2 cm³/mol. The van der Waals surface area contributed by atoms with Crippen LogP contribution in [0.1, 0.15) is 23.2 Å². The van der Waals surface area contributed by atoms with Crippen LogP contribution in [-0.2, 0) is 9.59 Å². The topological polar surface area (TPSA) is 139 Å². The number of carboxylic acid groups (broad SMARTS) is 2. The largest absolute Gasteiger partial charge is 0.497 e. The van der Waals surface area contributed by atoms with E-state index >= 15 is 0 Å². The van der Waals surface area contributed by atoms with E-state index in [0.29, 0.717) is 5.75 Å². The number of amides is 1. The van der Waals surface area contributed by atoms with E-state index in [0.717, 1.165) is 0 Å². The number of ether oxygens (including phenoxy) is 1. The van der Waals surface area contributed by atoms with E-state index in [2.05, 4.69) is 5.32 Å². The lowest BCUT2D eigenvalue weighted by Gasteiger charge is -2.14. The van der Waals surface area contributed by atoms with E-state index in [1.807, 2.05) is 0 Å². The van der Waals surface area contributed by atoms with Crippen LogP contribution in [0, 0.1) is 0 Å². The fourth-order valence-electron chi connectivity index (χ4n) is 1.64. The summed E-state index contributed by atoms with van der Waals surface area (Å²) in [6, 6.07) is 3.05. The quantitative estimate of drug-likeness (QED) is 0.531. The van der Waals surface area contributed by atoms with Crippen molar-refractivity contribution in [2.24, 2.45) is 0 Å². The summed E-state index contributed by atoms with van der Waals surface area (Å²) in [6.45, 7) is 0. The molecule has 0 saturated carbocycles. The zero-order valence-electron chi connectivity index (χ0n) is 11.3. The van der Waals surface area contributed by atoms with Crippen molar-refractivity contribution in [1.82, 2.24) is 5.32 Å². The molecule has 5 N–H and O–H groups in total. The van der Waals surface area contributed by atoms with Gasteiger partial charge in [-0.25, -0.2) is 4.79 Å². The maximum atomic E-state index is 12.0. The highest BCUT2D eigenvalue weighted by Crippen LogP contribution is 2.19. The Labute approximate surface area is 120 Å². The van der Waals surface area contributed by atoms with Crippen LogP contribution in [-0.4, -0.2) is 41.2 Å². The van der Waals surface area contributed by atoms with Gasteiger partial charge in [0.2, 0.25) is 0 Å². The molecular weight excluding hydrogens is 280 g/mol. The number of nitrogens with one attached hydrogen (secondary N) is 1. The Kier molecular flexibility index (Phi) is 5.53. The summed E-state index contributed by atoms with van der Waals surface area (Å²) in [4.78, 5) is 33.5. The summed E-state index contributed by atoms with van der Waals surface area (Å²) in [7, 11) is 1.45. The minimum atomic E-state index is -1.31. The molecule has 0 bridgehead atoms. The maximum absolute atomic E-state index is 12.0. The maximum Gasteiger partial charge on any atom is 0.326 e. The Morgan fingerprint density at radius 3 is 2.48 bits per heavy atom. The van der Waals surface area contributed by atoms with Crippen LogP contribution in [0.4, 0.5) is 5.69 Å². The number of hydrogen-bond acceptors (Lipinski definition) is 5. The molecule has 8 nitrogen and oxygen atoms in total. The van der Waals surface area contributed by atoms with Gasteiger partial charge in [0.05, 0.1) is 12.7 Å². The molecule has 1 atom stereocenters. The number of benzene rings is 1. The molecule has 0 spiro atoms. The fourth-order valence-corrected chi connectivity index (χ4v) is 1.64. The standard InChI is InChI=1S/C13H16N2O6/c1-21-7-2-3-8(9(14)6-7)12(18)15-10(13(19)20)4-5-11(16)17/h2-3,6,10H,4-5,14H2,1H3,(H,15,18)(H,16,17)(H,19,20)/t10-/m0/s1. The third-order valence-corrected chi connectivity index (χ3v) is 2.75. The number of anilines is 1. The van der Waals surface area contributed by atoms with E-state index in [9.17, 15) is 14.4 Å². The Balaban J connectivity index is 2.82. The minimum absolute atomic E-state index is 0.0948. The molecule has 1 rings (SSSR count). The summed E-state index contributed by atoms with van der Waals surface area (Å²) >= 11 is 0. The van der Waals surface area contributed by atoms with Crippen LogP contribution >= 0.6 is 0 Å². The second-order valence-electron chi connectivity index (χ2n) is 4.25. The zero-order chi connectivity index (χ0) is 16.0. The van der Waals surface area contributed by atoms with Gasteiger partial charge in [-0.2, -0.15) is 0 Å². The summed E-state index contributed by atoms with van der Waals surface area (Å²) in [5, 5.41) is 19.8. The van der Waals surface area contributed by atoms with Gasteiger partial charge in [0.1, 0.15) is 11.8 Å². The van der Waals surface area contributed by atoms with Crippen molar-refractivity contribution in [3.8, 4) is 5.75 Å². The molecule has 1 aromatic carbocycles. The van der Waals surface area contributed by atoms with Crippen LogP contribution in [0.15, 0.2) is 18.2 Å². The lowest BCUT2D eigenvalue weighted by Crippen LogP contribution is -2.41. The number of nitrogen functional groups attached to an aromatic ring is 1. The van der Waals surface area contributed by atoms with Gasteiger partial charge in [-0.15, -0.1) is 0 Å². The molecule has 114 valence electrons. The van der Waals surface area contributed by atoms with Crippen LogP contribution in [0.3, 0.4) is 0 Å². The zero-order valence-corrected chi connectivity index (χ0v) is 11.3. The number of carbonyl (C=O) groups excluding carboxylic acids is 1. The summed E-state index contributed by atoms with van der Waals surface area (Å²) in [5.41, 5.74) is 5.92. The van der Waals surface area contributed by atoms with Crippen LogP contribution in [0.2, 0.25) is 0 Å². The Hall–Kier alpha value is -2.77. The van der Waals surface area contributed by atoms with Gasteiger partial charge in [-0.05, 0) is 18.6 Å². The van der Waals surface area contributed by atoms with E-state index in [1.165, 1.54) is 25.3 Å². The van der Waals surface area contributed by atoms with Gasteiger partial charge in [0.25, 0.3) is 5.91 Å². The van der Waals surface area contributed by atoms with E-state index < -0.39 is 23.9 Å². The van der Waals surface area contributed by atoms with Crippen molar-refractivity contribution in [2.45, 2.75) is 18.9 Å². The Bertz CT molecular complexity index is 558. The number of aliphatic carboxylic acids is 2. The first-order valence-corrected chi connectivity index (χ1v) is 6.04. The number of nitrogens with two attached hydrogens (primary N) is 1. The summed E-state index contributed by atoms with van der Waals surface area (Å²) in [5.74, 6) is -2.67. The van der Waals surface area contributed by atoms with Gasteiger partial charge in [-0.1, -0.05) is 0 Å². The molecule has 1 aromatic rings. The van der Waals surface area contributed by atoms with Crippen LogP contribution in [0.25, 0.3) is 0 Å². The molecule has 21 heavy (non-hydrogen) atoms. The molecule has 0 radical (unpaired) electrons. The smallest absolute Gasteiger partial charge is 0.326 e. The van der Waals surface area contributed by atoms with Gasteiger partial charge in [0.15, 0.2) is 0 Å². The third-order valence-electron chi connectivity index (χ3n) is 2.75. The highest BCUT2D eigenvalue weighted by atomic mass is 16.5. The monoisotopic (exact) mass is 296 g/mol. The van der Waals surface area contributed by atoms with Crippen LogP contribution in [0.5, 0.6) is 5.75 Å². The van der Waals surface area contributed by atoms with E-state index in [-0.39, 0.29) is 24.1 Å². The highest BCUT2D eigenvalue weighted by molar-refractivity contribution is 6.01. The van der Waals surface area contributed by atoms with Gasteiger partial charge in [-0.3, -0.25) is 9.59 Å². The first-order chi connectivity index (χ1) is 9.85. The number of methoxy groups -OCH3 is 1. The molecule has 0 aliphatic rings. The van der Waals surface area contributed by atoms with E-state index in [1.54, 1.807) is 0 Å². The van der Waals surface area contributed by atoms with Crippen molar-refractivity contribution >= 4 is 23.5 Å². The summed E-state index contributed by atoms with van der Waals surface area (Å²) in [6.07, 6.45) is -0.582. The summed E-state index contributed by atoms with van der Waals surface area (Å²) < 4.78 is 4.94. The minimum Gasteiger partial charge on any atom is -0.497 e. The number of hydrogen-bond donors (Lipinski definition) is 4. The van der Waals surface area contributed by atoms with Gasteiger partial charge >= 0.3 is 11.9 Å². The third kappa shape index (κ3) is 4.68. The van der Waals surface area contributed by atoms with Crippen molar-refractivity contribution in [1.29, 1.82) is 0 Å². The molecule has 0 aromatic heterocycles. The molecular formula is C13H16N2O6. The number of carboxylic acids is 2. The molecule has 0 aliphatic heterocycles. The molecule has 8 heteroatoms. The molecule has 0 fully saturated rings. The predicted octanol–water partition coefficient (Wildman–Crippen LogP) is 0.325. The van der Waals surface area contributed by atoms with Crippen LogP contribution < -0.4 is 15.8 Å². The fraction of sp³-hybridized carbons (Fsp3) is 0.308. The molecule has 0 aliphatic carbocycles. The second kappa shape index (κ2) is 7.13. The van der Waals surface area contributed by atoms with Crippen molar-refractivity contribution in [3.05, 3.63) is 23.8 Å². The van der Waals surface area contributed by atoms with Crippen molar-refractivity contribution in [3.63, 3.8) is 0 Å². The van der Waals surface area contributed by atoms with Crippen molar-refractivity contribution in [2.75, 3.05) is 12.8 Å². The lowest BCUT2D eigenvalue weighted by molar-refractivity contribution is -0.140. The molecule has 0 saturated heterocycles.